The fraction of sp³-hybridized carbons (Fsp3) is 0.467. The molecule has 0 saturated heterocycles. The minimum atomic E-state index is -0.575. The zero-order chi connectivity index (χ0) is 28.2. The molecular weight excluding hydrogens is 491 g/mol. The molecule has 2 amide bonds. The Morgan fingerprint density at radius 1 is 1.13 bits per heavy atom. The molecule has 0 radical (unpaired) electrons. The number of nitrogens with zero attached hydrogens (tertiary/aromatic N) is 3. The van der Waals surface area contributed by atoms with Gasteiger partial charge in [0.1, 0.15) is 11.4 Å². The first kappa shape index (κ1) is 28.4. The van der Waals surface area contributed by atoms with Crippen molar-refractivity contribution < 1.29 is 19.2 Å². The van der Waals surface area contributed by atoms with Crippen LogP contribution in [0, 0.1) is 11.3 Å². The molecule has 204 valence electrons. The van der Waals surface area contributed by atoms with E-state index in [1.54, 1.807) is 12.1 Å². The van der Waals surface area contributed by atoms with Crippen molar-refractivity contribution in [2.24, 2.45) is 21.4 Å². The standard InChI is InChI=1S/C30H37BN4O4/c1-20(21-10-12-23(13-11-21)27(37)32-19-16-25(36)39-34-31)35-28(38)26(22-8-6-5-7-9-22)33-30(35)17-14-24(15-18-30)29(2,3)4/h5-13,20,24,31H,14-19H2,1-4H3,(H,32,37)/t20-,24?,30?/m1/s1. The van der Waals surface area contributed by atoms with Gasteiger partial charge in [0.2, 0.25) is 0 Å². The van der Waals surface area contributed by atoms with Crippen molar-refractivity contribution in [3.63, 3.8) is 0 Å². The van der Waals surface area contributed by atoms with Crippen LogP contribution in [0.5, 0.6) is 0 Å². The SMILES string of the molecule is B=NOC(=O)CCNC(=O)c1ccc([C@@H](C)N2C(=O)C(c3ccccc3)=NC23CCC(C(C)(C)C)CC3)cc1. The summed E-state index contributed by atoms with van der Waals surface area (Å²) in [4.78, 5) is 49.4. The molecule has 1 N–H and O–H groups in total. The molecule has 1 aliphatic heterocycles. The molecule has 2 aromatic carbocycles. The van der Waals surface area contributed by atoms with E-state index in [1.807, 2.05) is 54.3 Å². The van der Waals surface area contributed by atoms with Gasteiger partial charge in [-0.1, -0.05) is 51.1 Å². The Bertz CT molecular complexity index is 1250. The van der Waals surface area contributed by atoms with Gasteiger partial charge in [-0.05, 0) is 43.9 Å². The summed E-state index contributed by atoms with van der Waals surface area (Å²) in [6.45, 7) is 9.03. The molecule has 0 aromatic heterocycles. The van der Waals surface area contributed by atoms with E-state index >= 15 is 0 Å². The molecule has 0 bridgehead atoms. The zero-order valence-corrected chi connectivity index (χ0v) is 23.3. The fourth-order valence-electron chi connectivity index (χ4n) is 5.79. The van der Waals surface area contributed by atoms with E-state index in [4.69, 9.17) is 4.99 Å². The monoisotopic (exact) mass is 528 g/mol. The van der Waals surface area contributed by atoms with Crippen molar-refractivity contribution in [3.8, 4) is 0 Å². The average Bonchev–Trinajstić information content (AvgIpc) is 3.19. The Morgan fingerprint density at radius 2 is 1.77 bits per heavy atom. The number of carbonyl (C=O) groups excluding carboxylic acids is 3. The van der Waals surface area contributed by atoms with Crippen LogP contribution in [-0.2, 0) is 14.4 Å². The van der Waals surface area contributed by atoms with E-state index in [0.717, 1.165) is 36.8 Å². The van der Waals surface area contributed by atoms with Crippen molar-refractivity contribution >= 4 is 31.1 Å². The van der Waals surface area contributed by atoms with E-state index in [0.29, 0.717) is 17.2 Å². The maximum atomic E-state index is 14.0. The van der Waals surface area contributed by atoms with Gasteiger partial charge in [-0.3, -0.25) is 9.79 Å². The molecule has 1 spiro atoms. The average molecular weight is 528 g/mol. The Morgan fingerprint density at radius 3 is 2.36 bits per heavy atom. The summed E-state index contributed by atoms with van der Waals surface area (Å²) in [7, 11) is 3.10. The number of amides is 2. The first-order valence-electron chi connectivity index (χ1n) is 13.6. The summed E-state index contributed by atoms with van der Waals surface area (Å²) < 4.78 is 0. The first-order valence-corrected chi connectivity index (χ1v) is 13.6. The van der Waals surface area contributed by atoms with Crippen molar-refractivity contribution in [2.45, 2.75) is 71.5 Å². The Balaban J connectivity index is 1.54. The summed E-state index contributed by atoms with van der Waals surface area (Å²) in [5.41, 5.74) is 2.41. The molecule has 8 nitrogen and oxygen atoms in total. The summed E-state index contributed by atoms with van der Waals surface area (Å²) in [5, 5.41) is 5.78. The van der Waals surface area contributed by atoms with Crippen LogP contribution in [0.2, 0.25) is 0 Å². The van der Waals surface area contributed by atoms with Gasteiger partial charge in [0.25, 0.3) is 5.91 Å². The van der Waals surface area contributed by atoms with Crippen LogP contribution < -0.4 is 5.32 Å². The van der Waals surface area contributed by atoms with Crippen LogP contribution >= 0.6 is 0 Å². The Labute approximate surface area is 231 Å². The molecule has 2 aromatic rings. The van der Waals surface area contributed by atoms with E-state index < -0.39 is 11.6 Å². The van der Waals surface area contributed by atoms with Crippen molar-refractivity contribution in [3.05, 3.63) is 71.3 Å². The van der Waals surface area contributed by atoms with Gasteiger partial charge >= 0.3 is 98.7 Å². The van der Waals surface area contributed by atoms with Crippen LogP contribution in [0.4, 0.5) is 0 Å². The van der Waals surface area contributed by atoms with Gasteiger partial charge in [-0.2, -0.15) is 0 Å². The van der Waals surface area contributed by atoms with Crippen molar-refractivity contribution in [1.82, 2.24) is 10.2 Å². The molecular formula is C30H37BN4O4. The predicted molar refractivity (Wildman–Crippen MR) is 151 cm³/mol. The molecule has 39 heavy (non-hydrogen) atoms. The number of rotatable bonds is 8. The van der Waals surface area contributed by atoms with Crippen LogP contribution in [0.1, 0.15) is 87.3 Å². The summed E-state index contributed by atoms with van der Waals surface area (Å²) >= 11 is 0. The third-order valence-corrected chi connectivity index (χ3v) is 8.07. The van der Waals surface area contributed by atoms with Crippen LogP contribution in [0.15, 0.2) is 64.6 Å². The summed E-state index contributed by atoms with van der Waals surface area (Å²) in [6, 6.07) is 16.7. The molecule has 0 unspecified atom stereocenters. The maximum absolute atomic E-state index is 14.0. The second-order valence-electron chi connectivity index (χ2n) is 11.5. The number of nitrogens with one attached hydrogen (secondary N) is 1. The number of hydrogen-bond donors (Lipinski definition) is 1. The normalized spacial score (nSPS) is 21.8. The molecule has 2 aliphatic rings. The minimum absolute atomic E-state index is 0.00114. The van der Waals surface area contributed by atoms with Crippen molar-refractivity contribution in [1.29, 1.82) is 0 Å². The van der Waals surface area contributed by atoms with Crippen LogP contribution in [-0.4, -0.2) is 48.2 Å². The van der Waals surface area contributed by atoms with E-state index in [-0.39, 0.29) is 36.2 Å². The van der Waals surface area contributed by atoms with Gasteiger partial charge in [-0.15, -0.1) is 0 Å². The second-order valence-corrected chi connectivity index (χ2v) is 11.5. The van der Waals surface area contributed by atoms with Crippen molar-refractivity contribution in [2.75, 3.05) is 6.54 Å². The third kappa shape index (κ3) is 6.18. The Hall–Kier alpha value is -3.62. The number of aliphatic imine (C=N–C) groups is 1. The second kappa shape index (κ2) is 11.6. The number of benzene rings is 2. The van der Waals surface area contributed by atoms with E-state index in [2.05, 4.69) is 43.6 Å². The topological polar surface area (TPSA) is 100 Å². The molecule has 1 saturated carbocycles. The predicted octanol–water partition coefficient (Wildman–Crippen LogP) is 4.67. The first-order chi connectivity index (χ1) is 18.6. The van der Waals surface area contributed by atoms with Gasteiger partial charge < -0.3 is 4.90 Å². The molecule has 1 atom stereocenters. The molecule has 9 heteroatoms. The molecule has 1 aliphatic carbocycles. The van der Waals surface area contributed by atoms with E-state index in [9.17, 15) is 14.4 Å². The van der Waals surface area contributed by atoms with Gasteiger partial charge in [0.15, 0.2) is 0 Å². The molecule has 4 rings (SSSR count). The summed E-state index contributed by atoms with van der Waals surface area (Å²) in [5.74, 6) is -0.325. The molecule has 1 heterocycles. The Kier molecular flexibility index (Phi) is 8.47. The number of hydrogen-bond acceptors (Lipinski definition) is 6. The van der Waals surface area contributed by atoms with Crippen LogP contribution in [0.3, 0.4) is 0 Å². The third-order valence-electron chi connectivity index (χ3n) is 8.07. The fourth-order valence-corrected chi connectivity index (χ4v) is 5.79. The van der Waals surface area contributed by atoms with Crippen LogP contribution in [0.25, 0.3) is 0 Å². The van der Waals surface area contributed by atoms with Gasteiger partial charge in [0.05, 0.1) is 0 Å². The van der Waals surface area contributed by atoms with E-state index in [1.165, 1.54) is 0 Å². The zero-order valence-electron chi connectivity index (χ0n) is 23.3. The summed E-state index contributed by atoms with van der Waals surface area (Å²) in [6.07, 6.45) is 3.68. The number of carbonyl (C=O) groups is 3. The quantitative estimate of drug-likeness (QED) is 0.397. The molecule has 1 fully saturated rings. The van der Waals surface area contributed by atoms with Gasteiger partial charge in [0, 0.05) is 5.56 Å². The van der Waals surface area contributed by atoms with Gasteiger partial charge in [-0.25, -0.2) is 0 Å².